The average molecular weight is 350 g/mol. The van der Waals surface area contributed by atoms with Crippen molar-refractivity contribution in [2.75, 3.05) is 33.5 Å². The normalized spacial score (nSPS) is 16.3. The van der Waals surface area contributed by atoms with Crippen molar-refractivity contribution in [3.63, 3.8) is 0 Å². The minimum Gasteiger partial charge on any atom is -0.493 e. The molecule has 1 aliphatic heterocycles. The first-order valence-electron chi connectivity index (χ1n) is 9.06. The Morgan fingerprint density at radius 2 is 2.12 bits per heavy atom. The number of rotatable bonds is 9. The van der Waals surface area contributed by atoms with Gasteiger partial charge in [0, 0.05) is 19.8 Å². The summed E-state index contributed by atoms with van der Waals surface area (Å²) in [5.41, 5.74) is 7.23. The molecule has 1 amide bonds. The van der Waals surface area contributed by atoms with Crippen LogP contribution in [0.4, 0.5) is 0 Å². The maximum absolute atomic E-state index is 12.2. The molecule has 6 nitrogen and oxygen atoms in total. The molecule has 140 valence electrons. The van der Waals surface area contributed by atoms with Crippen LogP contribution in [0.3, 0.4) is 0 Å². The number of nitrogens with one attached hydrogen (secondary N) is 1. The zero-order chi connectivity index (χ0) is 18.1. The van der Waals surface area contributed by atoms with Gasteiger partial charge in [0.1, 0.15) is 0 Å². The number of benzene rings is 1. The Kier molecular flexibility index (Phi) is 8.01. The predicted molar refractivity (Wildman–Crippen MR) is 97.0 cm³/mol. The Bertz CT molecular complexity index is 544. The third-order valence-corrected chi connectivity index (χ3v) is 4.55. The van der Waals surface area contributed by atoms with Crippen LogP contribution in [0.25, 0.3) is 0 Å². The number of amides is 1. The van der Waals surface area contributed by atoms with Gasteiger partial charge in [-0.15, -0.1) is 0 Å². The molecular formula is C19H30N2O4. The van der Waals surface area contributed by atoms with Crippen LogP contribution in [0.15, 0.2) is 18.2 Å². The monoisotopic (exact) mass is 350 g/mol. The van der Waals surface area contributed by atoms with Gasteiger partial charge in [-0.1, -0.05) is 6.07 Å². The van der Waals surface area contributed by atoms with Gasteiger partial charge in [-0.05, 0) is 56.2 Å². The SMILES string of the molecule is CCOc1cc(CCCNC(=O)C(N)C2CCOCC2)ccc1OC. The molecule has 0 aromatic heterocycles. The Balaban J connectivity index is 1.74. The largest absolute Gasteiger partial charge is 0.493 e. The second-order valence-electron chi connectivity index (χ2n) is 6.29. The first-order valence-corrected chi connectivity index (χ1v) is 9.06. The predicted octanol–water partition coefficient (Wildman–Crippen LogP) is 1.90. The number of nitrogens with two attached hydrogens (primary N) is 1. The summed E-state index contributed by atoms with van der Waals surface area (Å²) in [5, 5.41) is 2.95. The summed E-state index contributed by atoms with van der Waals surface area (Å²) in [6.45, 7) is 4.56. The molecule has 6 heteroatoms. The summed E-state index contributed by atoms with van der Waals surface area (Å²) in [7, 11) is 1.63. The zero-order valence-corrected chi connectivity index (χ0v) is 15.3. The van der Waals surface area contributed by atoms with E-state index < -0.39 is 6.04 Å². The molecule has 3 N–H and O–H groups in total. The molecule has 0 saturated carbocycles. The third kappa shape index (κ3) is 5.90. The average Bonchev–Trinajstić information content (AvgIpc) is 2.65. The standard InChI is InChI=1S/C19H30N2O4/c1-3-25-17-13-14(6-7-16(17)23-2)5-4-10-21-19(22)18(20)15-8-11-24-12-9-15/h6-7,13,15,18H,3-5,8-12,20H2,1-2H3,(H,21,22). The topological polar surface area (TPSA) is 82.8 Å². The highest BCUT2D eigenvalue weighted by atomic mass is 16.5. The summed E-state index contributed by atoms with van der Waals surface area (Å²) in [5.74, 6) is 1.66. The van der Waals surface area contributed by atoms with Crippen LogP contribution in [-0.4, -0.2) is 45.4 Å². The molecule has 0 bridgehead atoms. The lowest BCUT2D eigenvalue weighted by Crippen LogP contribution is -2.47. The van der Waals surface area contributed by atoms with Crippen LogP contribution in [0, 0.1) is 5.92 Å². The van der Waals surface area contributed by atoms with E-state index in [1.807, 2.05) is 25.1 Å². The summed E-state index contributed by atoms with van der Waals surface area (Å²) in [6, 6.07) is 5.50. The molecule has 1 aromatic carbocycles. The maximum atomic E-state index is 12.2. The zero-order valence-electron chi connectivity index (χ0n) is 15.3. The number of methoxy groups -OCH3 is 1. The Morgan fingerprint density at radius 3 is 2.80 bits per heavy atom. The molecule has 25 heavy (non-hydrogen) atoms. The maximum Gasteiger partial charge on any atom is 0.237 e. The van der Waals surface area contributed by atoms with E-state index in [9.17, 15) is 4.79 Å². The second-order valence-corrected chi connectivity index (χ2v) is 6.29. The molecule has 2 rings (SSSR count). The molecule has 1 saturated heterocycles. The highest BCUT2D eigenvalue weighted by Crippen LogP contribution is 2.28. The van der Waals surface area contributed by atoms with Gasteiger partial charge >= 0.3 is 0 Å². The van der Waals surface area contributed by atoms with Crippen molar-refractivity contribution in [3.8, 4) is 11.5 Å². The van der Waals surface area contributed by atoms with Crippen LogP contribution >= 0.6 is 0 Å². The molecule has 0 aliphatic carbocycles. The molecular weight excluding hydrogens is 320 g/mol. The van der Waals surface area contributed by atoms with Gasteiger partial charge in [-0.2, -0.15) is 0 Å². The highest BCUT2D eigenvalue weighted by Gasteiger charge is 2.26. The lowest BCUT2D eigenvalue weighted by Gasteiger charge is -2.26. The van der Waals surface area contributed by atoms with Gasteiger partial charge in [-0.3, -0.25) is 4.79 Å². The van der Waals surface area contributed by atoms with E-state index in [1.54, 1.807) is 7.11 Å². The van der Waals surface area contributed by atoms with E-state index in [0.717, 1.165) is 42.7 Å². The first kappa shape index (κ1) is 19.5. The van der Waals surface area contributed by atoms with Gasteiger partial charge in [-0.25, -0.2) is 0 Å². The van der Waals surface area contributed by atoms with Crippen molar-refractivity contribution >= 4 is 5.91 Å². The summed E-state index contributed by atoms with van der Waals surface area (Å²) in [4.78, 5) is 12.2. The minimum absolute atomic E-state index is 0.0587. The highest BCUT2D eigenvalue weighted by molar-refractivity contribution is 5.81. The summed E-state index contributed by atoms with van der Waals surface area (Å²) < 4.78 is 16.2. The van der Waals surface area contributed by atoms with E-state index in [4.69, 9.17) is 19.9 Å². The van der Waals surface area contributed by atoms with Gasteiger partial charge in [0.2, 0.25) is 5.91 Å². The van der Waals surface area contributed by atoms with E-state index >= 15 is 0 Å². The van der Waals surface area contributed by atoms with Gasteiger partial charge in [0.25, 0.3) is 0 Å². The molecule has 1 fully saturated rings. The number of carbonyl (C=O) groups excluding carboxylic acids is 1. The summed E-state index contributed by atoms with van der Waals surface area (Å²) >= 11 is 0. The number of hydrogen-bond acceptors (Lipinski definition) is 5. The van der Waals surface area contributed by atoms with Crippen LogP contribution in [0.1, 0.15) is 31.7 Å². The number of ether oxygens (including phenoxy) is 3. The quantitative estimate of drug-likeness (QED) is 0.665. The van der Waals surface area contributed by atoms with Crippen LogP contribution in [0.2, 0.25) is 0 Å². The minimum atomic E-state index is -0.436. The van der Waals surface area contributed by atoms with E-state index in [2.05, 4.69) is 5.32 Å². The third-order valence-electron chi connectivity index (χ3n) is 4.55. The molecule has 0 spiro atoms. The molecule has 1 heterocycles. The number of carbonyl (C=O) groups is 1. The van der Waals surface area contributed by atoms with E-state index in [1.165, 1.54) is 0 Å². The van der Waals surface area contributed by atoms with Gasteiger partial charge in [0.05, 0.1) is 19.8 Å². The lowest BCUT2D eigenvalue weighted by atomic mass is 9.92. The van der Waals surface area contributed by atoms with Gasteiger partial charge < -0.3 is 25.3 Å². The van der Waals surface area contributed by atoms with Crippen molar-refractivity contribution in [3.05, 3.63) is 23.8 Å². The number of aryl methyl sites for hydroxylation is 1. The van der Waals surface area contributed by atoms with Crippen LogP contribution in [-0.2, 0) is 16.0 Å². The fourth-order valence-corrected chi connectivity index (χ4v) is 3.06. The van der Waals surface area contributed by atoms with Crippen molar-refractivity contribution in [1.29, 1.82) is 0 Å². The van der Waals surface area contributed by atoms with Crippen molar-refractivity contribution in [2.45, 2.75) is 38.6 Å². The van der Waals surface area contributed by atoms with Crippen molar-refractivity contribution < 1.29 is 19.0 Å². The Hall–Kier alpha value is -1.79. The van der Waals surface area contributed by atoms with E-state index in [-0.39, 0.29) is 11.8 Å². The smallest absolute Gasteiger partial charge is 0.237 e. The molecule has 1 aliphatic rings. The molecule has 1 aromatic rings. The summed E-state index contributed by atoms with van der Waals surface area (Å²) in [6.07, 6.45) is 3.43. The van der Waals surface area contributed by atoms with Gasteiger partial charge in [0.15, 0.2) is 11.5 Å². The van der Waals surface area contributed by atoms with Crippen molar-refractivity contribution in [1.82, 2.24) is 5.32 Å². The molecule has 1 unspecified atom stereocenters. The van der Waals surface area contributed by atoms with Crippen LogP contribution in [0.5, 0.6) is 11.5 Å². The lowest BCUT2D eigenvalue weighted by molar-refractivity contribution is -0.124. The van der Waals surface area contributed by atoms with Crippen LogP contribution < -0.4 is 20.5 Å². The fraction of sp³-hybridized carbons (Fsp3) is 0.632. The second kappa shape index (κ2) is 10.3. The first-order chi connectivity index (χ1) is 12.2. The Morgan fingerprint density at radius 1 is 1.36 bits per heavy atom. The fourth-order valence-electron chi connectivity index (χ4n) is 3.06. The Labute approximate surface area is 150 Å². The van der Waals surface area contributed by atoms with Crippen molar-refractivity contribution in [2.24, 2.45) is 11.7 Å². The van der Waals surface area contributed by atoms with E-state index in [0.29, 0.717) is 26.4 Å². The molecule has 1 atom stereocenters. The molecule has 0 radical (unpaired) electrons. The number of hydrogen-bond donors (Lipinski definition) is 2.